The van der Waals surface area contributed by atoms with Crippen LogP contribution in [0.25, 0.3) is 0 Å². The van der Waals surface area contributed by atoms with E-state index in [1.165, 1.54) is 0 Å². The van der Waals surface area contributed by atoms with Gasteiger partial charge in [0.1, 0.15) is 0 Å². The maximum atomic E-state index is 12.4. The van der Waals surface area contributed by atoms with Crippen LogP contribution in [0.3, 0.4) is 0 Å². The monoisotopic (exact) mass is 438 g/mol. The molecule has 2 aromatic rings. The smallest absolute Gasteiger partial charge is 0.251 e. The summed E-state index contributed by atoms with van der Waals surface area (Å²) in [6.07, 6.45) is 2.64. The highest BCUT2D eigenvalue weighted by Gasteiger charge is 2.24. The summed E-state index contributed by atoms with van der Waals surface area (Å²) >= 11 is 17.7. The number of piperidine rings is 1. The molecule has 0 aliphatic carbocycles. The second-order valence-corrected chi connectivity index (χ2v) is 8.13. The van der Waals surface area contributed by atoms with Crippen LogP contribution in [0.15, 0.2) is 42.5 Å². The number of likely N-dealkylation sites (tertiary alicyclic amines) is 1. The number of hydrogen-bond acceptors (Lipinski definition) is 2. The first-order valence-electron chi connectivity index (χ1n) is 9.20. The Morgan fingerprint density at radius 2 is 1.64 bits per heavy atom. The molecule has 1 aliphatic heterocycles. The fourth-order valence-electron chi connectivity index (χ4n) is 3.24. The summed E-state index contributed by atoms with van der Waals surface area (Å²) in [6, 6.07) is 12.4. The molecule has 4 nitrogen and oxygen atoms in total. The van der Waals surface area contributed by atoms with Crippen molar-refractivity contribution in [1.29, 1.82) is 0 Å². The third-order valence-electron chi connectivity index (χ3n) is 4.91. The number of nitrogens with zero attached hydrogens (tertiary/aromatic N) is 1. The van der Waals surface area contributed by atoms with Crippen LogP contribution in [0, 0.1) is 0 Å². The third-order valence-corrected chi connectivity index (χ3v) is 5.90. The van der Waals surface area contributed by atoms with Crippen LogP contribution in [0.4, 0.5) is 0 Å². The molecule has 2 aromatic carbocycles. The zero-order valence-electron chi connectivity index (χ0n) is 15.3. The molecule has 0 saturated carbocycles. The Morgan fingerprint density at radius 1 is 0.964 bits per heavy atom. The molecule has 1 aliphatic rings. The summed E-state index contributed by atoms with van der Waals surface area (Å²) in [5.41, 5.74) is 1.58. The average Bonchev–Trinajstić information content (AvgIpc) is 2.70. The minimum atomic E-state index is -0.175. The van der Waals surface area contributed by atoms with Crippen molar-refractivity contribution in [2.45, 2.75) is 31.7 Å². The van der Waals surface area contributed by atoms with Crippen LogP contribution >= 0.6 is 34.8 Å². The molecule has 1 fully saturated rings. The van der Waals surface area contributed by atoms with E-state index >= 15 is 0 Å². The van der Waals surface area contributed by atoms with Gasteiger partial charge in [-0.25, -0.2) is 0 Å². The number of carbonyl (C=O) groups is 2. The zero-order chi connectivity index (χ0) is 20.1. The fraction of sp³-hybridized carbons (Fsp3) is 0.333. The lowest BCUT2D eigenvalue weighted by molar-refractivity contribution is -0.132. The summed E-state index contributed by atoms with van der Waals surface area (Å²) in [6.45, 7) is 1.29. The van der Waals surface area contributed by atoms with Crippen molar-refractivity contribution < 1.29 is 9.59 Å². The van der Waals surface area contributed by atoms with E-state index in [-0.39, 0.29) is 17.9 Å². The van der Waals surface area contributed by atoms with Crippen molar-refractivity contribution in [1.82, 2.24) is 10.2 Å². The van der Waals surface area contributed by atoms with E-state index in [9.17, 15) is 9.59 Å². The van der Waals surface area contributed by atoms with E-state index in [0.29, 0.717) is 46.6 Å². The summed E-state index contributed by atoms with van der Waals surface area (Å²) in [4.78, 5) is 26.7. The molecule has 3 rings (SSSR count). The van der Waals surface area contributed by atoms with E-state index in [1.807, 2.05) is 29.2 Å². The maximum Gasteiger partial charge on any atom is 0.251 e. The van der Waals surface area contributed by atoms with E-state index in [4.69, 9.17) is 34.8 Å². The molecule has 1 N–H and O–H groups in total. The van der Waals surface area contributed by atoms with Crippen molar-refractivity contribution >= 4 is 46.6 Å². The number of hydrogen-bond donors (Lipinski definition) is 1. The van der Waals surface area contributed by atoms with Gasteiger partial charge < -0.3 is 10.2 Å². The summed E-state index contributed by atoms with van der Waals surface area (Å²) in [5.74, 6) is -0.0321. The highest BCUT2D eigenvalue weighted by Crippen LogP contribution is 2.23. The first kappa shape index (κ1) is 21.0. The Labute approximate surface area is 179 Å². The lowest BCUT2D eigenvalue weighted by Crippen LogP contribution is -2.46. The zero-order valence-corrected chi connectivity index (χ0v) is 17.5. The van der Waals surface area contributed by atoms with Gasteiger partial charge in [-0.2, -0.15) is 0 Å². The van der Waals surface area contributed by atoms with Gasteiger partial charge in [0.25, 0.3) is 5.91 Å². The first-order chi connectivity index (χ1) is 13.4. The largest absolute Gasteiger partial charge is 0.349 e. The second kappa shape index (κ2) is 9.64. The van der Waals surface area contributed by atoms with E-state index in [0.717, 1.165) is 18.4 Å². The molecular formula is C21H21Cl3N2O2. The van der Waals surface area contributed by atoms with Gasteiger partial charge in [0.2, 0.25) is 5.91 Å². The Morgan fingerprint density at radius 3 is 2.29 bits per heavy atom. The van der Waals surface area contributed by atoms with Crippen LogP contribution in [0.5, 0.6) is 0 Å². The van der Waals surface area contributed by atoms with Crippen molar-refractivity contribution in [3.63, 3.8) is 0 Å². The third kappa shape index (κ3) is 5.63. The van der Waals surface area contributed by atoms with Crippen LogP contribution in [0.1, 0.15) is 35.2 Å². The number of rotatable bonds is 5. The van der Waals surface area contributed by atoms with Crippen molar-refractivity contribution in [3.05, 3.63) is 68.7 Å². The summed E-state index contributed by atoms with van der Waals surface area (Å²) in [5, 5.41) is 4.48. The number of amides is 2. The average molecular weight is 440 g/mol. The molecule has 1 saturated heterocycles. The predicted molar refractivity (Wildman–Crippen MR) is 113 cm³/mol. The van der Waals surface area contributed by atoms with Gasteiger partial charge in [-0.15, -0.1) is 0 Å². The van der Waals surface area contributed by atoms with Gasteiger partial charge in [-0.3, -0.25) is 9.59 Å². The summed E-state index contributed by atoms with van der Waals surface area (Å²) in [7, 11) is 0. The molecule has 0 atom stereocenters. The standard InChI is InChI=1S/C21H21Cl3N2O2/c22-16-5-1-14(2-6-16)3-8-20(27)26-11-9-17(10-12-26)25-21(28)15-4-7-18(23)19(24)13-15/h1-2,4-7,13,17H,3,8-12H2,(H,25,28). The molecule has 0 spiro atoms. The molecule has 0 bridgehead atoms. The number of benzene rings is 2. The lowest BCUT2D eigenvalue weighted by atomic mass is 10.0. The van der Waals surface area contributed by atoms with Gasteiger partial charge >= 0.3 is 0 Å². The molecule has 7 heteroatoms. The SMILES string of the molecule is O=C(NC1CCN(C(=O)CCc2ccc(Cl)cc2)CC1)c1ccc(Cl)c(Cl)c1. The first-order valence-corrected chi connectivity index (χ1v) is 10.3. The van der Waals surface area contributed by atoms with Gasteiger partial charge in [0, 0.05) is 36.1 Å². The predicted octanol–water partition coefficient (Wildman–Crippen LogP) is 5.00. The minimum Gasteiger partial charge on any atom is -0.349 e. The van der Waals surface area contributed by atoms with Crippen molar-refractivity contribution in [2.75, 3.05) is 13.1 Å². The lowest BCUT2D eigenvalue weighted by Gasteiger charge is -2.32. The van der Waals surface area contributed by atoms with Gasteiger partial charge in [0.15, 0.2) is 0 Å². The molecule has 0 aromatic heterocycles. The molecular weight excluding hydrogens is 419 g/mol. The Bertz CT molecular complexity index is 847. The molecule has 0 radical (unpaired) electrons. The van der Waals surface area contributed by atoms with Crippen LogP contribution in [0.2, 0.25) is 15.1 Å². The number of carbonyl (C=O) groups excluding carboxylic acids is 2. The molecule has 148 valence electrons. The van der Waals surface area contributed by atoms with Crippen LogP contribution < -0.4 is 5.32 Å². The van der Waals surface area contributed by atoms with Gasteiger partial charge in [-0.1, -0.05) is 46.9 Å². The fourth-order valence-corrected chi connectivity index (χ4v) is 3.66. The van der Waals surface area contributed by atoms with E-state index in [2.05, 4.69) is 5.32 Å². The Kier molecular flexibility index (Phi) is 7.22. The van der Waals surface area contributed by atoms with Crippen LogP contribution in [-0.4, -0.2) is 35.8 Å². The Balaban J connectivity index is 1.44. The quantitative estimate of drug-likeness (QED) is 0.712. The van der Waals surface area contributed by atoms with E-state index in [1.54, 1.807) is 18.2 Å². The van der Waals surface area contributed by atoms with Gasteiger partial charge in [-0.05, 0) is 55.2 Å². The van der Waals surface area contributed by atoms with Crippen LogP contribution in [-0.2, 0) is 11.2 Å². The molecule has 0 unspecified atom stereocenters. The van der Waals surface area contributed by atoms with Gasteiger partial charge in [0.05, 0.1) is 10.0 Å². The maximum absolute atomic E-state index is 12.4. The molecule has 1 heterocycles. The normalized spacial score (nSPS) is 14.8. The molecule has 28 heavy (non-hydrogen) atoms. The summed E-state index contributed by atoms with van der Waals surface area (Å²) < 4.78 is 0. The number of aryl methyl sites for hydroxylation is 1. The highest BCUT2D eigenvalue weighted by atomic mass is 35.5. The van der Waals surface area contributed by atoms with Crippen molar-refractivity contribution in [3.8, 4) is 0 Å². The second-order valence-electron chi connectivity index (χ2n) is 6.88. The minimum absolute atomic E-state index is 0.0438. The molecule has 2 amide bonds. The highest BCUT2D eigenvalue weighted by molar-refractivity contribution is 6.42. The van der Waals surface area contributed by atoms with E-state index < -0.39 is 0 Å². The number of nitrogens with one attached hydrogen (secondary N) is 1. The number of halogens is 3. The topological polar surface area (TPSA) is 49.4 Å². The van der Waals surface area contributed by atoms with Crippen molar-refractivity contribution in [2.24, 2.45) is 0 Å². The Hall–Kier alpha value is -1.75.